The van der Waals surface area contributed by atoms with Gasteiger partial charge in [0.25, 0.3) is 0 Å². The summed E-state index contributed by atoms with van der Waals surface area (Å²) in [6.45, 7) is 0.323. The van der Waals surface area contributed by atoms with E-state index in [1.165, 1.54) is 12.0 Å². The van der Waals surface area contributed by atoms with Gasteiger partial charge >= 0.3 is 0 Å². The summed E-state index contributed by atoms with van der Waals surface area (Å²) in [5.74, 6) is -1.78. The number of likely N-dealkylation sites (tertiary alicyclic amines) is 1. The number of hydrogen-bond donors (Lipinski definition) is 0. The lowest BCUT2D eigenvalue weighted by Gasteiger charge is -2.22. The highest BCUT2D eigenvalue weighted by atomic mass is 19.3. The molecular weight excluding hydrogens is 280 g/mol. The monoisotopic (exact) mass is 299 g/mol. The molecule has 1 fully saturated rings. The van der Waals surface area contributed by atoms with E-state index in [0.717, 1.165) is 5.56 Å². The van der Waals surface area contributed by atoms with Gasteiger partial charge in [-0.3, -0.25) is 4.79 Å². The van der Waals surface area contributed by atoms with Crippen LogP contribution < -0.4 is 9.47 Å². The molecule has 0 unspecified atom stereocenters. The van der Waals surface area contributed by atoms with E-state index < -0.39 is 5.92 Å². The molecule has 21 heavy (non-hydrogen) atoms. The fourth-order valence-electron chi connectivity index (χ4n) is 2.35. The maximum Gasteiger partial charge on any atom is 0.250 e. The van der Waals surface area contributed by atoms with Crippen LogP contribution in [0.5, 0.6) is 11.5 Å². The lowest BCUT2D eigenvalue weighted by molar-refractivity contribution is -0.131. The number of rotatable bonds is 4. The fraction of sp³-hybridized carbons (Fsp3) is 0.533. The van der Waals surface area contributed by atoms with E-state index >= 15 is 0 Å². The molecule has 4 nitrogen and oxygen atoms in total. The van der Waals surface area contributed by atoms with Crippen LogP contribution >= 0.6 is 0 Å². The Kier molecular flexibility index (Phi) is 4.65. The Morgan fingerprint density at radius 1 is 1.24 bits per heavy atom. The minimum atomic E-state index is -2.76. The first-order chi connectivity index (χ1) is 9.95. The van der Waals surface area contributed by atoms with Gasteiger partial charge in [-0.15, -0.1) is 0 Å². The number of halogens is 2. The van der Waals surface area contributed by atoms with Crippen LogP contribution in [0.4, 0.5) is 8.78 Å². The molecule has 0 N–H and O–H groups in total. The summed E-state index contributed by atoms with van der Waals surface area (Å²) in [7, 11) is 3.07. The summed E-state index contributed by atoms with van der Waals surface area (Å²) in [5.41, 5.74) is 0.775. The maximum atomic E-state index is 13.4. The number of ether oxygens (including phenoxy) is 2. The zero-order valence-corrected chi connectivity index (χ0v) is 12.2. The van der Waals surface area contributed by atoms with Crippen molar-refractivity contribution in [3.05, 3.63) is 23.8 Å². The lowest BCUT2D eigenvalue weighted by atomic mass is 10.1. The Labute approximate surface area is 122 Å². The first-order valence-corrected chi connectivity index (χ1v) is 6.82. The van der Waals surface area contributed by atoms with Crippen molar-refractivity contribution in [2.45, 2.75) is 31.7 Å². The minimum Gasteiger partial charge on any atom is -0.497 e. The Balaban J connectivity index is 2.15. The number of amides is 1. The number of alkyl halides is 2. The zero-order valence-electron chi connectivity index (χ0n) is 12.2. The predicted molar refractivity (Wildman–Crippen MR) is 73.8 cm³/mol. The first kappa shape index (κ1) is 15.5. The molecule has 0 aliphatic carbocycles. The second-order valence-corrected chi connectivity index (χ2v) is 5.10. The predicted octanol–water partition coefficient (Wildman–Crippen LogP) is 2.85. The molecule has 0 bridgehead atoms. The molecule has 1 amide bonds. The highest BCUT2D eigenvalue weighted by Gasteiger charge is 2.34. The molecule has 0 spiro atoms. The van der Waals surface area contributed by atoms with Gasteiger partial charge in [0.1, 0.15) is 11.5 Å². The van der Waals surface area contributed by atoms with E-state index in [9.17, 15) is 13.6 Å². The van der Waals surface area contributed by atoms with Crippen LogP contribution in [0.15, 0.2) is 18.2 Å². The van der Waals surface area contributed by atoms with Crippen molar-refractivity contribution < 1.29 is 23.0 Å². The van der Waals surface area contributed by atoms with Crippen molar-refractivity contribution in [1.82, 2.24) is 4.90 Å². The minimum absolute atomic E-state index is 0.0566. The first-order valence-electron chi connectivity index (χ1n) is 6.82. The summed E-state index contributed by atoms with van der Waals surface area (Å²) < 4.78 is 37.1. The van der Waals surface area contributed by atoms with E-state index in [1.54, 1.807) is 25.3 Å². The molecule has 1 saturated heterocycles. The van der Waals surface area contributed by atoms with Gasteiger partial charge in [-0.2, -0.15) is 0 Å². The van der Waals surface area contributed by atoms with E-state index in [0.29, 0.717) is 11.5 Å². The topological polar surface area (TPSA) is 38.8 Å². The summed E-state index contributed by atoms with van der Waals surface area (Å²) in [6.07, 6.45) is -0.787. The van der Waals surface area contributed by atoms with Crippen LogP contribution in [0.2, 0.25) is 0 Å². The van der Waals surface area contributed by atoms with Crippen molar-refractivity contribution in [2.75, 3.05) is 20.8 Å². The summed E-state index contributed by atoms with van der Waals surface area (Å²) in [4.78, 5) is 13.4. The van der Waals surface area contributed by atoms with Gasteiger partial charge in [0.15, 0.2) is 0 Å². The molecule has 1 heterocycles. The maximum absolute atomic E-state index is 13.4. The number of nitrogens with zero attached hydrogens (tertiary/aromatic N) is 1. The van der Waals surface area contributed by atoms with Gasteiger partial charge in [0.2, 0.25) is 11.8 Å². The molecule has 6 heteroatoms. The Morgan fingerprint density at radius 2 is 2.00 bits per heavy atom. The Bertz CT molecular complexity index is 520. The number of carbonyl (C=O) groups is 1. The largest absolute Gasteiger partial charge is 0.497 e. The molecule has 1 aromatic rings. The summed E-state index contributed by atoms with van der Waals surface area (Å²) >= 11 is 0. The SMILES string of the molecule is COc1ccc(CN2CCC(F)(F)CCC2=O)c(OC)c1. The fourth-order valence-corrected chi connectivity index (χ4v) is 2.35. The Hall–Kier alpha value is -1.85. The standard InChI is InChI=1S/C15H19F2NO3/c1-20-12-4-3-11(13(9-12)21-2)10-18-8-7-15(16,17)6-5-14(18)19/h3-4,9H,5-8,10H2,1-2H3. The van der Waals surface area contributed by atoms with E-state index in [2.05, 4.69) is 0 Å². The molecule has 1 aliphatic rings. The van der Waals surface area contributed by atoms with Gasteiger partial charge in [-0.05, 0) is 12.1 Å². The number of benzene rings is 1. The normalized spacial score (nSPS) is 18.3. The summed E-state index contributed by atoms with van der Waals surface area (Å²) in [5, 5.41) is 0. The highest BCUT2D eigenvalue weighted by Crippen LogP contribution is 2.31. The van der Waals surface area contributed by atoms with Crippen molar-refractivity contribution in [3.8, 4) is 11.5 Å². The summed E-state index contributed by atoms with van der Waals surface area (Å²) in [6, 6.07) is 5.26. The van der Waals surface area contributed by atoms with Crippen LogP contribution in [0, 0.1) is 0 Å². The second kappa shape index (κ2) is 6.28. The van der Waals surface area contributed by atoms with Gasteiger partial charge in [0, 0.05) is 44.0 Å². The average molecular weight is 299 g/mol. The number of carbonyl (C=O) groups excluding carboxylic acids is 1. The number of hydrogen-bond acceptors (Lipinski definition) is 3. The van der Waals surface area contributed by atoms with Gasteiger partial charge in [-0.25, -0.2) is 8.78 Å². The van der Waals surface area contributed by atoms with Crippen molar-refractivity contribution in [1.29, 1.82) is 0 Å². The van der Waals surface area contributed by atoms with Crippen LogP contribution in [-0.4, -0.2) is 37.5 Å². The second-order valence-electron chi connectivity index (χ2n) is 5.10. The van der Waals surface area contributed by atoms with Crippen LogP contribution in [0.25, 0.3) is 0 Å². The molecule has 1 aliphatic heterocycles. The van der Waals surface area contributed by atoms with Crippen molar-refractivity contribution >= 4 is 5.91 Å². The lowest BCUT2D eigenvalue weighted by Crippen LogP contribution is -2.30. The van der Waals surface area contributed by atoms with E-state index in [-0.39, 0.29) is 38.3 Å². The quantitative estimate of drug-likeness (QED) is 0.858. The van der Waals surface area contributed by atoms with Gasteiger partial charge in [-0.1, -0.05) is 0 Å². The molecule has 0 saturated carbocycles. The third kappa shape index (κ3) is 3.83. The van der Waals surface area contributed by atoms with Crippen LogP contribution in [0.3, 0.4) is 0 Å². The zero-order chi connectivity index (χ0) is 15.5. The van der Waals surface area contributed by atoms with Crippen molar-refractivity contribution in [2.24, 2.45) is 0 Å². The number of methoxy groups -OCH3 is 2. The third-order valence-electron chi connectivity index (χ3n) is 3.66. The van der Waals surface area contributed by atoms with E-state index in [4.69, 9.17) is 9.47 Å². The molecular formula is C15H19F2NO3. The molecule has 0 atom stereocenters. The third-order valence-corrected chi connectivity index (χ3v) is 3.66. The molecule has 1 aromatic carbocycles. The molecule has 0 aromatic heterocycles. The van der Waals surface area contributed by atoms with Crippen LogP contribution in [-0.2, 0) is 11.3 Å². The molecule has 2 rings (SSSR count). The highest BCUT2D eigenvalue weighted by molar-refractivity contribution is 5.76. The smallest absolute Gasteiger partial charge is 0.250 e. The van der Waals surface area contributed by atoms with Gasteiger partial charge in [0.05, 0.1) is 14.2 Å². The van der Waals surface area contributed by atoms with E-state index in [1.807, 2.05) is 0 Å². The van der Waals surface area contributed by atoms with Gasteiger partial charge < -0.3 is 14.4 Å². The Morgan fingerprint density at radius 3 is 2.67 bits per heavy atom. The van der Waals surface area contributed by atoms with Crippen molar-refractivity contribution in [3.63, 3.8) is 0 Å². The molecule has 116 valence electrons. The molecule has 0 radical (unpaired) electrons. The van der Waals surface area contributed by atoms with Crippen LogP contribution in [0.1, 0.15) is 24.8 Å². The average Bonchev–Trinajstić information content (AvgIpc) is 2.60.